The largest absolute Gasteiger partial charge is 0.360 e. The Labute approximate surface area is 153 Å². The Bertz CT molecular complexity index is 1090. The van der Waals surface area contributed by atoms with Crippen molar-refractivity contribution in [3.63, 3.8) is 0 Å². The van der Waals surface area contributed by atoms with Crippen molar-refractivity contribution in [1.29, 1.82) is 5.26 Å². The molecule has 1 aliphatic rings. The molecule has 1 amide bonds. The van der Waals surface area contributed by atoms with Crippen molar-refractivity contribution in [3.8, 4) is 17.3 Å². The lowest BCUT2D eigenvalue weighted by Crippen LogP contribution is -2.36. The van der Waals surface area contributed by atoms with Crippen LogP contribution < -0.4 is 0 Å². The number of halogens is 2. The van der Waals surface area contributed by atoms with Crippen LogP contribution in [-0.2, 0) is 13.0 Å². The number of hydrogen-bond acceptors (Lipinski definition) is 4. The van der Waals surface area contributed by atoms with E-state index in [9.17, 15) is 18.8 Å². The maximum atomic E-state index is 13.6. The Balaban J connectivity index is 1.67. The minimum Gasteiger partial charge on any atom is -0.360 e. The minimum absolute atomic E-state index is 0.214. The Morgan fingerprint density at radius 3 is 2.78 bits per heavy atom. The molecule has 2 heterocycles. The molecule has 0 spiro atoms. The number of carbonyl (C=O) groups is 1. The average Bonchev–Trinajstić information content (AvgIpc) is 3.12. The van der Waals surface area contributed by atoms with Gasteiger partial charge in [0.2, 0.25) is 0 Å². The van der Waals surface area contributed by atoms with Gasteiger partial charge in [-0.05, 0) is 30.3 Å². The molecule has 1 aliphatic heterocycles. The first-order valence-corrected chi connectivity index (χ1v) is 8.29. The van der Waals surface area contributed by atoms with E-state index in [0.717, 1.165) is 12.1 Å². The molecule has 0 saturated heterocycles. The first-order chi connectivity index (χ1) is 13.1. The molecule has 0 radical (unpaired) electrons. The number of carbonyl (C=O) groups excluding carboxylic acids is 1. The highest BCUT2D eigenvalue weighted by molar-refractivity contribution is 5.96. The summed E-state index contributed by atoms with van der Waals surface area (Å²) >= 11 is 0. The standard InChI is InChI=1S/C20H13F2N3O2/c21-16-6-5-12(9-17(16)22)19-15-11-25(8-7-18(15)27-24-19)20(26)14-4-2-1-3-13(14)10-23/h1-6,9H,7-8,11H2. The van der Waals surface area contributed by atoms with E-state index in [1.165, 1.54) is 6.07 Å². The van der Waals surface area contributed by atoms with Gasteiger partial charge in [0.25, 0.3) is 5.91 Å². The minimum atomic E-state index is -0.976. The lowest BCUT2D eigenvalue weighted by Gasteiger charge is -2.26. The second-order valence-corrected chi connectivity index (χ2v) is 6.20. The maximum Gasteiger partial charge on any atom is 0.255 e. The van der Waals surface area contributed by atoms with Gasteiger partial charge in [0, 0.05) is 24.1 Å². The van der Waals surface area contributed by atoms with Gasteiger partial charge in [0.05, 0.1) is 23.7 Å². The molecule has 0 saturated carbocycles. The SMILES string of the molecule is N#Cc1ccccc1C(=O)N1CCc2onc(-c3ccc(F)c(F)c3)c2C1. The highest BCUT2D eigenvalue weighted by Gasteiger charge is 2.29. The van der Waals surface area contributed by atoms with E-state index >= 15 is 0 Å². The molecule has 7 heteroatoms. The van der Waals surface area contributed by atoms with E-state index in [0.29, 0.717) is 46.7 Å². The fourth-order valence-electron chi connectivity index (χ4n) is 3.19. The van der Waals surface area contributed by atoms with Crippen LogP contribution in [0.3, 0.4) is 0 Å². The van der Waals surface area contributed by atoms with Crippen LogP contribution in [0.25, 0.3) is 11.3 Å². The average molecular weight is 365 g/mol. The third-order valence-corrected chi connectivity index (χ3v) is 4.59. The number of fused-ring (bicyclic) bond motifs is 1. The first-order valence-electron chi connectivity index (χ1n) is 8.29. The van der Waals surface area contributed by atoms with E-state index < -0.39 is 11.6 Å². The van der Waals surface area contributed by atoms with Crippen molar-refractivity contribution in [1.82, 2.24) is 10.1 Å². The van der Waals surface area contributed by atoms with Gasteiger partial charge in [-0.1, -0.05) is 17.3 Å². The molecule has 0 aliphatic carbocycles. The number of benzene rings is 2. The van der Waals surface area contributed by atoms with E-state index in [-0.39, 0.29) is 12.5 Å². The molecule has 4 rings (SSSR count). The first kappa shape index (κ1) is 16.9. The van der Waals surface area contributed by atoms with Crippen molar-refractivity contribution < 1.29 is 18.1 Å². The van der Waals surface area contributed by atoms with Crippen molar-refractivity contribution in [3.05, 3.63) is 76.5 Å². The second-order valence-electron chi connectivity index (χ2n) is 6.20. The van der Waals surface area contributed by atoms with E-state index in [1.54, 1.807) is 29.2 Å². The fraction of sp³-hybridized carbons (Fsp3) is 0.150. The molecule has 1 aromatic heterocycles. The summed E-state index contributed by atoms with van der Waals surface area (Å²) in [6.07, 6.45) is 0.451. The Kier molecular flexibility index (Phi) is 4.16. The zero-order chi connectivity index (χ0) is 19.0. The van der Waals surface area contributed by atoms with Crippen molar-refractivity contribution in [2.75, 3.05) is 6.54 Å². The monoisotopic (exact) mass is 365 g/mol. The lowest BCUT2D eigenvalue weighted by molar-refractivity contribution is 0.0729. The molecular formula is C20H13F2N3O2. The quantitative estimate of drug-likeness (QED) is 0.694. The van der Waals surface area contributed by atoms with Gasteiger partial charge in [0.1, 0.15) is 11.5 Å². The fourth-order valence-corrected chi connectivity index (χ4v) is 3.19. The maximum absolute atomic E-state index is 13.6. The number of aromatic nitrogens is 1. The lowest BCUT2D eigenvalue weighted by atomic mass is 10.00. The van der Waals surface area contributed by atoms with E-state index in [1.807, 2.05) is 6.07 Å². The molecule has 0 bridgehead atoms. The third-order valence-electron chi connectivity index (χ3n) is 4.59. The molecule has 0 N–H and O–H groups in total. The number of nitriles is 1. The van der Waals surface area contributed by atoms with Crippen LogP contribution >= 0.6 is 0 Å². The predicted molar refractivity (Wildman–Crippen MR) is 91.5 cm³/mol. The van der Waals surface area contributed by atoms with Gasteiger partial charge >= 0.3 is 0 Å². The summed E-state index contributed by atoms with van der Waals surface area (Å²) in [6, 6.07) is 12.1. The summed E-state index contributed by atoms with van der Waals surface area (Å²) in [6.45, 7) is 0.629. The summed E-state index contributed by atoms with van der Waals surface area (Å²) in [5.41, 5.74) is 2.06. The van der Waals surface area contributed by atoms with Gasteiger partial charge in [-0.25, -0.2) is 8.78 Å². The van der Waals surface area contributed by atoms with E-state index in [2.05, 4.69) is 5.16 Å². The topological polar surface area (TPSA) is 70.1 Å². The van der Waals surface area contributed by atoms with Crippen molar-refractivity contribution >= 4 is 5.91 Å². The van der Waals surface area contributed by atoms with Crippen LogP contribution in [0, 0.1) is 23.0 Å². The van der Waals surface area contributed by atoms with Gasteiger partial charge < -0.3 is 9.42 Å². The molecule has 0 atom stereocenters. The normalized spacial score (nSPS) is 13.1. The predicted octanol–water partition coefficient (Wildman–Crippen LogP) is 3.69. The molecule has 2 aromatic carbocycles. The molecular weight excluding hydrogens is 352 g/mol. The van der Waals surface area contributed by atoms with Gasteiger partial charge in [-0.3, -0.25) is 4.79 Å². The molecule has 27 heavy (non-hydrogen) atoms. The Morgan fingerprint density at radius 1 is 1.19 bits per heavy atom. The van der Waals surface area contributed by atoms with Gasteiger partial charge in [-0.15, -0.1) is 0 Å². The van der Waals surface area contributed by atoms with Crippen LogP contribution in [0.4, 0.5) is 8.78 Å². The van der Waals surface area contributed by atoms with Crippen molar-refractivity contribution in [2.24, 2.45) is 0 Å². The third kappa shape index (κ3) is 2.95. The van der Waals surface area contributed by atoms with E-state index in [4.69, 9.17) is 4.52 Å². The number of nitrogens with zero attached hydrogens (tertiary/aromatic N) is 3. The smallest absolute Gasteiger partial charge is 0.255 e. The number of rotatable bonds is 2. The van der Waals surface area contributed by atoms with Gasteiger partial charge in [0.15, 0.2) is 11.6 Å². The Hall–Kier alpha value is -3.53. The summed E-state index contributed by atoms with van der Waals surface area (Å²) in [5, 5.41) is 13.2. The zero-order valence-corrected chi connectivity index (χ0v) is 14.1. The Morgan fingerprint density at radius 2 is 2.00 bits per heavy atom. The highest BCUT2D eigenvalue weighted by Crippen LogP contribution is 2.31. The molecule has 3 aromatic rings. The van der Waals surface area contributed by atoms with Crippen LogP contribution in [-0.4, -0.2) is 22.5 Å². The summed E-state index contributed by atoms with van der Waals surface area (Å²) < 4.78 is 32.1. The van der Waals surface area contributed by atoms with Crippen LogP contribution in [0.2, 0.25) is 0 Å². The van der Waals surface area contributed by atoms with Crippen LogP contribution in [0.5, 0.6) is 0 Å². The molecule has 5 nitrogen and oxygen atoms in total. The molecule has 0 unspecified atom stereocenters. The summed E-state index contributed by atoms with van der Waals surface area (Å²) in [7, 11) is 0. The van der Waals surface area contributed by atoms with Crippen molar-refractivity contribution in [2.45, 2.75) is 13.0 Å². The number of amides is 1. The molecule has 134 valence electrons. The zero-order valence-electron chi connectivity index (χ0n) is 14.1. The summed E-state index contributed by atoms with van der Waals surface area (Å²) in [4.78, 5) is 14.5. The van der Waals surface area contributed by atoms with Gasteiger partial charge in [-0.2, -0.15) is 5.26 Å². The second kappa shape index (κ2) is 6.65. The highest BCUT2D eigenvalue weighted by atomic mass is 19.2. The van der Waals surface area contributed by atoms with Crippen LogP contribution in [0.1, 0.15) is 27.2 Å². The molecule has 0 fully saturated rings. The van der Waals surface area contributed by atoms with Crippen LogP contribution in [0.15, 0.2) is 47.0 Å². The number of hydrogen-bond donors (Lipinski definition) is 0. The summed E-state index contributed by atoms with van der Waals surface area (Å²) in [5.74, 6) is -1.57.